The molecule has 4 rings (SSSR count). The largest absolute Gasteiger partial charge is 0.497 e. The minimum atomic E-state index is 0.0383. The number of aryl methyl sites for hydroxylation is 1. The summed E-state index contributed by atoms with van der Waals surface area (Å²) in [7, 11) is 1.70. The van der Waals surface area contributed by atoms with E-state index in [0.29, 0.717) is 12.3 Å². The monoisotopic (exact) mass is 392 g/mol. The van der Waals surface area contributed by atoms with Crippen LogP contribution in [0, 0.1) is 6.92 Å². The molecule has 2 aliphatic heterocycles. The molecule has 0 saturated carbocycles. The third-order valence-electron chi connectivity index (χ3n) is 6.71. The Morgan fingerprint density at radius 2 is 1.59 bits per heavy atom. The Balaban J connectivity index is 1.43. The van der Waals surface area contributed by atoms with Gasteiger partial charge in [0.1, 0.15) is 5.75 Å². The van der Waals surface area contributed by atoms with Crippen LogP contribution in [0.2, 0.25) is 0 Å². The van der Waals surface area contributed by atoms with Crippen molar-refractivity contribution < 1.29 is 9.53 Å². The van der Waals surface area contributed by atoms with Gasteiger partial charge in [-0.25, -0.2) is 0 Å². The Labute approximate surface area is 174 Å². The van der Waals surface area contributed by atoms with Crippen LogP contribution < -0.4 is 4.74 Å². The molecule has 0 aromatic heterocycles. The quantitative estimate of drug-likeness (QED) is 0.748. The molecule has 0 radical (unpaired) electrons. The molecular formula is C25H32N2O2. The highest BCUT2D eigenvalue weighted by atomic mass is 16.5. The number of rotatable bonds is 5. The van der Waals surface area contributed by atoms with E-state index < -0.39 is 0 Å². The van der Waals surface area contributed by atoms with Crippen molar-refractivity contribution in [1.29, 1.82) is 0 Å². The standard InChI is InChI=1S/C25H32N2O2/c1-20-4-6-22(7-5-20)19-27-24(28)12-14-25(27)13-3-16-26(17-15-25)18-21-8-10-23(29-2)11-9-21/h4-11H,3,12-19H2,1-2H3/t25-/m0/s1. The van der Waals surface area contributed by atoms with Crippen LogP contribution in [0.4, 0.5) is 0 Å². The van der Waals surface area contributed by atoms with E-state index in [9.17, 15) is 4.79 Å². The van der Waals surface area contributed by atoms with Crippen LogP contribution >= 0.6 is 0 Å². The first-order valence-corrected chi connectivity index (χ1v) is 10.8. The van der Waals surface area contributed by atoms with Crippen LogP contribution in [0.5, 0.6) is 5.75 Å². The Morgan fingerprint density at radius 1 is 0.897 bits per heavy atom. The van der Waals surface area contributed by atoms with Crippen molar-refractivity contribution in [1.82, 2.24) is 9.80 Å². The van der Waals surface area contributed by atoms with Gasteiger partial charge in [-0.15, -0.1) is 0 Å². The molecule has 2 aromatic rings. The fraction of sp³-hybridized carbons (Fsp3) is 0.480. The van der Waals surface area contributed by atoms with Crippen molar-refractivity contribution in [3.05, 3.63) is 65.2 Å². The Hall–Kier alpha value is -2.33. The third kappa shape index (κ3) is 4.48. The molecule has 2 saturated heterocycles. The second kappa shape index (κ2) is 8.58. The maximum absolute atomic E-state index is 12.8. The zero-order chi connectivity index (χ0) is 20.3. The molecule has 1 spiro atoms. The van der Waals surface area contributed by atoms with E-state index in [0.717, 1.165) is 57.6 Å². The fourth-order valence-corrected chi connectivity index (χ4v) is 4.91. The zero-order valence-corrected chi connectivity index (χ0v) is 17.7. The molecule has 0 aliphatic carbocycles. The average molecular weight is 393 g/mol. The smallest absolute Gasteiger partial charge is 0.223 e. The lowest BCUT2D eigenvalue weighted by atomic mass is 9.87. The molecule has 2 heterocycles. The van der Waals surface area contributed by atoms with Gasteiger partial charge in [0, 0.05) is 31.6 Å². The summed E-state index contributed by atoms with van der Waals surface area (Å²) in [6.07, 6.45) is 5.04. The second-order valence-corrected chi connectivity index (χ2v) is 8.67. The molecular weight excluding hydrogens is 360 g/mol. The predicted octanol–water partition coefficient (Wildman–Crippen LogP) is 4.55. The molecule has 2 fully saturated rings. The first-order valence-electron chi connectivity index (χ1n) is 10.8. The van der Waals surface area contributed by atoms with Crippen LogP contribution in [0.3, 0.4) is 0 Å². The third-order valence-corrected chi connectivity index (χ3v) is 6.71. The summed E-state index contributed by atoms with van der Waals surface area (Å²) in [5.41, 5.74) is 3.86. The van der Waals surface area contributed by atoms with Gasteiger partial charge < -0.3 is 9.64 Å². The number of nitrogens with zero attached hydrogens (tertiary/aromatic N) is 2. The highest BCUT2D eigenvalue weighted by molar-refractivity contribution is 5.79. The summed E-state index contributed by atoms with van der Waals surface area (Å²) in [6.45, 7) is 5.96. The second-order valence-electron chi connectivity index (χ2n) is 8.67. The number of methoxy groups -OCH3 is 1. The van der Waals surface area contributed by atoms with Crippen molar-refractivity contribution in [3.8, 4) is 5.75 Å². The van der Waals surface area contributed by atoms with E-state index in [4.69, 9.17) is 4.74 Å². The van der Waals surface area contributed by atoms with Crippen molar-refractivity contribution in [2.45, 2.75) is 57.7 Å². The topological polar surface area (TPSA) is 32.8 Å². The maximum atomic E-state index is 12.8. The van der Waals surface area contributed by atoms with E-state index in [1.165, 1.54) is 16.7 Å². The first kappa shape index (κ1) is 20.0. The van der Waals surface area contributed by atoms with Gasteiger partial charge in [0.05, 0.1) is 7.11 Å². The number of benzene rings is 2. The molecule has 4 nitrogen and oxygen atoms in total. The van der Waals surface area contributed by atoms with Gasteiger partial charge in [-0.3, -0.25) is 9.69 Å². The summed E-state index contributed by atoms with van der Waals surface area (Å²) < 4.78 is 5.27. The zero-order valence-electron chi connectivity index (χ0n) is 17.7. The van der Waals surface area contributed by atoms with Crippen LogP contribution in [0.25, 0.3) is 0 Å². The number of likely N-dealkylation sites (tertiary alicyclic amines) is 2. The van der Waals surface area contributed by atoms with Crippen molar-refractivity contribution in [2.24, 2.45) is 0 Å². The van der Waals surface area contributed by atoms with Gasteiger partial charge in [0.25, 0.3) is 0 Å². The van der Waals surface area contributed by atoms with Gasteiger partial charge >= 0.3 is 0 Å². The van der Waals surface area contributed by atoms with Crippen LogP contribution in [0.1, 0.15) is 48.8 Å². The van der Waals surface area contributed by atoms with Gasteiger partial charge in [0.2, 0.25) is 5.91 Å². The van der Waals surface area contributed by atoms with E-state index in [2.05, 4.69) is 53.1 Å². The maximum Gasteiger partial charge on any atom is 0.223 e. The minimum Gasteiger partial charge on any atom is -0.497 e. The molecule has 2 aliphatic rings. The Bertz CT molecular complexity index is 831. The predicted molar refractivity (Wildman–Crippen MR) is 116 cm³/mol. The van der Waals surface area contributed by atoms with E-state index in [1.807, 2.05) is 12.1 Å². The normalized spacial score (nSPS) is 22.8. The van der Waals surface area contributed by atoms with Crippen LogP contribution in [-0.2, 0) is 17.9 Å². The van der Waals surface area contributed by atoms with E-state index in [-0.39, 0.29) is 5.54 Å². The number of ether oxygens (including phenoxy) is 1. The molecule has 1 atom stereocenters. The molecule has 4 heteroatoms. The Kier molecular flexibility index (Phi) is 5.91. The van der Waals surface area contributed by atoms with Crippen molar-refractivity contribution >= 4 is 5.91 Å². The first-order chi connectivity index (χ1) is 14.1. The van der Waals surface area contributed by atoms with Crippen molar-refractivity contribution in [2.75, 3.05) is 20.2 Å². The molecule has 154 valence electrons. The van der Waals surface area contributed by atoms with E-state index >= 15 is 0 Å². The molecule has 29 heavy (non-hydrogen) atoms. The highest BCUT2D eigenvalue weighted by Crippen LogP contribution is 2.40. The lowest BCUT2D eigenvalue weighted by molar-refractivity contribution is -0.132. The summed E-state index contributed by atoms with van der Waals surface area (Å²) in [5.74, 6) is 1.23. The number of hydrogen-bond acceptors (Lipinski definition) is 3. The minimum absolute atomic E-state index is 0.0383. The molecule has 0 N–H and O–H groups in total. The van der Waals surface area contributed by atoms with Gasteiger partial charge in [-0.2, -0.15) is 0 Å². The van der Waals surface area contributed by atoms with Gasteiger partial charge in [-0.1, -0.05) is 42.0 Å². The summed E-state index contributed by atoms with van der Waals surface area (Å²) in [5, 5.41) is 0. The van der Waals surface area contributed by atoms with Crippen LogP contribution in [-0.4, -0.2) is 41.4 Å². The lowest BCUT2D eigenvalue weighted by Gasteiger charge is -2.38. The van der Waals surface area contributed by atoms with Gasteiger partial charge in [-0.05, 0) is 62.4 Å². The number of carbonyl (C=O) groups is 1. The molecule has 1 amide bonds. The number of carbonyl (C=O) groups excluding carboxylic acids is 1. The Morgan fingerprint density at radius 3 is 2.31 bits per heavy atom. The SMILES string of the molecule is COc1ccc(CN2CCC[C@]3(CCC(=O)N3Cc3ccc(C)cc3)CC2)cc1. The summed E-state index contributed by atoms with van der Waals surface area (Å²) in [4.78, 5) is 17.5. The summed E-state index contributed by atoms with van der Waals surface area (Å²) >= 11 is 0. The molecule has 0 unspecified atom stereocenters. The van der Waals surface area contributed by atoms with Crippen molar-refractivity contribution in [3.63, 3.8) is 0 Å². The number of amides is 1. The van der Waals surface area contributed by atoms with E-state index in [1.54, 1.807) is 7.11 Å². The van der Waals surface area contributed by atoms with Gasteiger partial charge in [0.15, 0.2) is 0 Å². The molecule has 0 bridgehead atoms. The molecule has 2 aromatic carbocycles. The fourth-order valence-electron chi connectivity index (χ4n) is 4.91. The lowest BCUT2D eigenvalue weighted by Crippen LogP contribution is -2.45. The number of hydrogen-bond donors (Lipinski definition) is 0. The highest BCUT2D eigenvalue weighted by Gasteiger charge is 2.45. The van der Waals surface area contributed by atoms with Crippen LogP contribution in [0.15, 0.2) is 48.5 Å². The average Bonchev–Trinajstić information content (AvgIpc) is 2.90. The summed E-state index contributed by atoms with van der Waals surface area (Å²) in [6, 6.07) is 17.0.